The third kappa shape index (κ3) is 2.55. The van der Waals surface area contributed by atoms with E-state index in [4.69, 9.17) is 0 Å². The molecule has 0 bridgehead atoms. The maximum atomic E-state index is 12.4. The fourth-order valence-corrected chi connectivity index (χ4v) is 2.82. The monoisotopic (exact) mass is 272 g/mol. The van der Waals surface area contributed by atoms with Crippen LogP contribution < -0.4 is 5.32 Å². The van der Waals surface area contributed by atoms with E-state index in [0.717, 1.165) is 29.3 Å². The zero-order valence-corrected chi connectivity index (χ0v) is 12.0. The number of anilines is 1. The molecule has 1 saturated carbocycles. The number of hydrogen-bond acceptors (Lipinski definition) is 2. The average Bonchev–Trinajstić information content (AvgIpc) is 3.12. The van der Waals surface area contributed by atoms with Crippen LogP contribution in [-0.2, 0) is 11.2 Å². The Hall–Kier alpha value is -1.84. The first-order chi connectivity index (χ1) is 9.54. The summed E-state index contributed by atoms with van der Waals surface area (Å²) in [6, 6.07) is 5.57. The quantitative estimate of drug-likeness (QED) is 0.918. The van der Waals surface area contributed by atoms with E-state index in [0.29, 0.717) is 18.8 Å². The molecule has 2 aliphatic rings. The molecule has 0 saturated heterocycles. The van der Waals surface area contributed by atoms with Crippen LogP contribution >= 0.6 is 0 Å². The molecule has 3 rings (SSSR count). The fraction of sp³-hybridized carbons (Fsp3) is 0.500. The molecular weight excluding hydrogens is 252 g/mol. The number of aryl methyl sites for hydroxylation is 1. The number of rotatable bonds is 3. The Labute approximate surface area is 119 Å². The zero-order chi connectivity index (χ0) is 14.3. The predicted octanol–water partition coefficient (Wildman–Crippen LogP) is 2.30. The van der Waals surface area contributed by atoms with Gasteiger partial charge in [-0.05, 0) is 48.4 Å². The number of fused-ring (bicyclic) bond motifs is 1. The van der Waals surface area contributed by atoms with Crippen molar-refractivity contribution in [2.24, 2.45) is 11.8 Å². The zero-order valence-electron chi connectivity index (χ0n) is 12.0. The maximum Gasteiger partial charge on any atom is 0.253 e. The molecule has 1 aliphatic carbocycles. The molecule has 4 nitrogen and oxygen atoms in total. The lowest BCUT2D eigenvalue weighted by Gasteiger charge is -2.20. The fourth-order valence-electron chi connectivity index (χ4n) is 2.82. The van der Waals surface area contributed by atoms with Gasteiger partial charge in [-0.2, -0.15) is 0 Å². The van der Waals surface area contributed by atoms with E-state index in [1.807, 2.05) is 24.1 Å². The van der Waals surface area contributed by atoms with Crippen LogP contribution in [0.5, 0.6) is 0 Å². The van der Waals surface area contributed by atoms with E-state index < -0.39 is 0 Å². The van der Waals surface area contributed by atoms with Crippen molar-refractivity contribution in [1.29, 1.82) is 0 Å². The highest BCUT2D eigenvalue weighted by atomic mass is 16.2. The van der Waals surface area contributed by atoms with Crippen molar-refractivity contribution >= 4 is 17.5 Å². The number of hydrogen-bond donors (Lipinski definition) is 1. The van der Waals surface area contributed by atoms with Gasteiger partial charge in [-0.15, -0.1) is 0 Å². The first kappa shape index (κ1) is 13.2. The van der Waals surface area contributed by atoms with E-state index in [1.54, 1.807) is 6.07 Å². The largest absolute Gasteiger partial charge is 0.341 e. The van der Waals surface area contributed by atoms with Gasteiger partial charge < -0.3 is 10.2 Å². The van der Waals surface area contributed by atoms with Crippen LogP contribution in [0.1, 0.15) is 35.7 Å². The van der Waals surface area contributed by atoms with Crippen molar-refractivity contribution in [1.82, 2.24) is 4.90 Å². The molecule has 2 unspecified atom stereocenters. The molecular formula is C16H20N2O2. The highest BCUT2D eigenvalue weighted by Crippen LogP contribution is 2.38. The molecule has 0 aromatic heterocycles. The van der Waals surface area contributed by atoms with E-state index in [1.165, 1.54) is 6.42 Å². The lowest BCUT2D eigenvalue weighted by molar-refractivity contribution is -0.116. The lowest BCUT2D eigenvalue weighted by Crippen LogP contribution is -2.29. The molecule has 2 atom stereocenters. The molecule has 1 N–H and O–H groups in total. The smallest absolute Gasteiger partial charge is 0.253 e. The molecule has 106 valence electrons. The Balaban J connectivity index is 1.73. The molecule has 1 heterocycles. The lowest BCUT2D eigenvalue weighted by atomic mass is 10.00. The first-order valence-corrected chi connectivity index (χ1v) is 7.23. The minimum absolute atomic E-state index is 0.0522. The van der Waals surface area contributed by atoms with E-state index in [9.17, 15) is 9.59 Å². The molecule has 1 aromatic rings. The summed E-state index contributed by atoms with van der Waals surface area (Å²) in [5.41, 5.74) is 2.62. The van der Waals surface area contributed by atoms with Crippen LogP contribution in [0, 0.1) is 11.8 Å². The number of nitrogens with zero attached hydrogens (tertiary/aromatic N) is 1. The van der Waals surface area contributed by atoms with Crippen LogP contribution in [0.2, 0.25) is 0 Å². The maximum absolute atomic E-state index is 12.4. The summed E-state index contributed by atoms with van der Waals surface area (Å²) in [5, 5.41) is 2.84. The van der Waals surface area contributed by atoms with Crippen molar-refractivity contribution in [2.45, 2.75) is 26.2 Å². The topological polar surface area (TPSA) is 49.4 Å². The Morgan fingerprint density at radius 1 is 1.40 bits per heavy atom. The highest BCUT2D eigenvalue weighted by Gasteiger charge is 2.34. The van der Waals surface area contributed by atoms with Gasteiger partial charge in [0.1, 0.15) is 0 Å². The SMILES string of the molecule is CC1CC1CN(C)C(=O)c1ccc2c(c1)CCC(=O)N2. The van der Waals surface area contributed by atoms with Gasteiger partial charge in [0.25, 0.3) is 5.91 Å². The first-order valence-electron chi connectivity index (χ1n) is 7.23. The van der Waals surface area contributed by atoms with Crippen LogP contribution in [-0.4, -0.2) is 30.3 Å². The molecule has 1 aliphatic heterocycles. The second-order valence-electron chi connectivity index (χ2n) is 6.08. The molecule has 0 radical (unpaired) electrons. The Kier molecular flexibility index (Phi) is 3.24. The molecule has 4 heteroatoms. The van der Waals surface area contributed by atoms with Gasteiger partial charge in [-0.25, -0.2) is 0 Å². The number of benzene rings is 1. The van der Waals surface area contributed by atoms with Crippen LogP contribution in [0.3, 0.4) is 0 Å². The summed E-state index contributed by atoms with van der Waals surface area (Å²) < 4.78 is 0. The standard InChI is InChI=1S/C16H20N2O2/c1-10-7-13(10)9-18(2)16(20)12-3-5-14-11(8-12)4-6-15(19)17-14/h3,5,8,10,13H,4,6-7,9H2,1-2H3,(H,17,19). The van der Waals surface area contributed by atoms with Gasteiger partial charge in [0.05, 0.1) is 0 Å². The van der Waals surface area contributed by atoms with Crippen molar-refractivity contribution in [3.63, 3.8) is 0 Å². The normalized spacial score (nSPS) is 23.8. The second-order valence-corrected chi connectivity index (χ2v) is 6.08. The van der Waals surface area contributed by atoms with E-state index in [-0.39, 0.29) is 11.8 Å². The number of carbonyl (C=O) groups is 2. The summed E-state index contributed by atoms with van der Waals surface area (Å²) in [6.07, 6.45) is 2.44. The third-order valence-electron chi connectivity index (χ3n) is 4.38. The predicted molar refractivity (Wildman–Crippen MR) is 77.6 cm³/mol. The van der Waals surface area contributed by atoms with Gasteiger partial charge in [0.2, 0.25) is 5.91 Å². The molecule has 1 aromatic carbocycles. The van der Waals surface area contributed by atoms with Crippen molar-refractivity contribution in [3.8, 4) is 0 Å². The summed E-state index contributed by atoms with van der Waals surface area (Å²) >= 11 is 0. The third-order valence-corrected chi connectivity index (χ3v) is 4.38. The average molecular weight is 272 g/mol. The summed E-state index contributed by atoms with van der Waals surface area (Å²) in [5.74, 6) is 1.55. The van der Waals surface area contributed by atoms with Crippen LogP contribution in [0.25, 0.3) is 0 Å². The summed E-state index contributed by atoms with van der Waals surface area (Å²) in [6.45, 7) is 3.07. The number of carbonyl (C=O) groups excluding carboxylic acids is 2. The molecule has 2 amide bonds. The Morgan fingerprint density at radius 3 is 2.85 bits per heavy atom. The van der Waals surface area contributed by atoms with Gasteiger partial charge in [0, 0.05) is 31.3 Å². The Morgan fingerprint density at radius 2 is 2.15 bits per heavy atom. The second kappa shape index (κ2) is 4.93. The van der Waals surface area contributed by atoms with E-state index in [2.05, 4.69) is 12.2 Å². The minimum Gasteiger partial charge on any atom is -0.341 e. The number of nitrogens with one attached hydrogen (secondary N) is 1. The van der Waals surface area contributed by atoms with Gasteiger partial charge >= 0.3 is 0 Å². The van der Waals surface area contributed by atoms with Crippen molar-refractivity contribution in [3.05, 3.63) is 29.3 Å². The number of amides is 2. The van der Waals surface area contributed by atoms with E-state index >= 15 is 0 Å². The Bertz CT molecular complexity index is 568. The van der Waals surface area contributed by atoms with Crippen LogP contribution in [0.4, 0.5) is 5.69 Å². The van der Waals surface area contributed by atoms with Crippen molar-refractivity contribution < 1.29 is 9.59 Å². The van der Waals surface area contributed by atoms with Gasteiger partial charge in [0.15, 0.2) is 0 Å². The minimum atomic E-state index is 0.0522. The highest BCUT2D eigenvalue weighted by molar-refractivity contribution is 5.97. The van der Waals surface area contributed by atoms with Gasteiger partial charge in [-0.1, -0.05) is 6.92 Å². The molecule has 0 spiro atoms. The van der Waals surface area contributed by atoms with Gasteiger partial charge in [-0.3, -0.25) is 9.59 Å². The van der Waals surface area contributed by atoms with Crippen LogP contribution in [0.15, 0.2) is 18.2 Å². The summed E-state index contributed by atoms with van der Waals surface area (Å²) in [4.78, 5) is 25.5. The molecule has 1 fully saturated rings. The molecule has 20 heavy (non-hydrogen) atoms. The van der Waals surface area contributed by atoms with Crippen molar-refractivity contribution in [2.75, 3.05) is 18.9 Å². The summed E-state index contributed by atoms with van der Waals surface area (Å²) in [7, 11) is 1.87.